The van der Waals surface area contributed by atoms with Crippen molar-refractivity contribution < 1.29 is 23.1 Å². The number of anilines is 1. The van der Waals surface area contributed by atoms with Crippen LogP contribution in [0.5, 0.6) is 0 Å². The van der Waals surface area contributed by atoms with Crippen LogP contribution in [0, 0.1) is 5.82 Å². The van der Waals surface area contributed by atoms with Crippen molar-refractivity contribution in [3.05, 3.63) is 39.0 Å². The van der Waals surface area contributed by atoms with Crippen molar-refractivity contribution in [2.24, 2.45) is 10.7 Å². The molecule has 0 unspecified atom stereocenters. The zero-order valence-corrected chi connectivity index (χ0v) is 19.1. The lowest BCUT2D eigenvalue weighted by Gasteiger charge is -2.08. The number of nitrogens with zero attached hydrogens (tertiary/aromatic N) is 5. The van der Waals surface area contributed by atoms with Crippen molar-refractivity contribution in [1.82, 2.24) is 25.4 Å². The Morgan fingerprint density at radius 2 is 2.15 bits per heavy atom. The minimum absolute atomic E-state index is 0.0115. The maximum absolute atomic E-state index is 13.6. The van der Waals surface area contributed by atoms with Gasteiger partial charge in [0.15, 0.2) is 11.7 Å². The Balaban J connectivity index is 1.64. The molecule has 0 aliphatic carbocycles. The van der Waals surface area contributed by atoms with E-state index in [-0.39, 0.29) is 33.9 Å². The topological polar surface area (TPSA) is 176 Å². The standard InChI is InChI=1S/C18H20BrFN8O5/c1-9(2)31-17(29)24-16(21)23-7-3-6-22-14-13(25-33-26-14)15-27-32-18(30)28(15)10-4-5-12(20)11(19)8-10/h4-5,8-9H,3,6-7H2,1-2H3,(H,22,26)(H3,21,23,24,29). The third kappa shape index (κ3) is 6.15. The molecule has 0 saturated carbocycles. The van der Waals surface area contributed by atoms with Gasteiger partial charge in [-0.1, -0.05) is 5.16 Å². The second-order valence-electron chi connectivity index (χ2n) is 6.79. The number of rotatable bonds is 8. The van der Waals surface area contributed by atoms with Crippen LogP contribution in [0.4, 0.5) is 15.0 Å². The fourth-order valence-electron chi connectivity index (χ4n) is 2.58. The van der Waals surface area contributed by atoms with Crippen molar-refractivity contribution in [1.29, 1.82) is 0 Å². The van der Waals surface area contributed by atoms with Crippen LogP contribution < -0.4 is 22.1 Å². The summed E-state index contributed by atoms with van der Waals surface area (Å²) in [5, 5.41) is 16.6. The molecule has 4 N–H and O–H groups in total. The molecular formula is C18H20BrFN8O5. The number of alkyl carbamates (subject to hydrolysis) is 1. The lowest BCUT2D eigenvalue weighted by Crippen LogP contribution is -2.38. The summed E-state index contributed by atoms with van der Waals surface area (Å²) in [6.07, 6.45) is -0.461. The van der Waals surface area contributed by atoms with E-state index in [0.717, 1.165) is 4.57 Å². The second-order valence-corrected chi connectivity index (χ2v) is 7.65. The Labute approximate surface area is 194 Å². The molecule has 13 nitrogen and oxygen atoms in total. The predicted molar refractivity (Wildman–Crippen MR) is 117 cm³/mol. The lowest BCUT2D eigenvalue weighted by atomic mass is 10.3. The van der Waals surface area contributed by atoms with E-state index < -0.39 is 17.7 Å². The maximum Gasteiger partial charge on any atom is 0.446 e. The molecule has 1 amide bonds. The van der Waals surface area contributed by atoms with Gasteiger partial charge in [0.05, 0.1) is 16.3 Å². The van der Waals surface area contributed by atoms with E-state index in [9.17, 15) is 14.0 Å². The first-order valence-electron chi connectivity index (χ1n) is 9.64. The minimum atomic E-state index is -0.800. The van der Waals surface area contributed by atoms with Crippen LogP contribution in [0.3, 0.4) is 0 Å². The van der Waals surface area contributed by atoms with Crippen molar-refractivity contribution in [3.8, 4) is 17.2 Å². The third-order valence-electron chi connectivity index (χ3n) is 3.95. The molecule has 3 aromatic rings. The number of hydrogen-bond donors (Lipinski definition) is 3. The van der Waals surface area contributed by atoms with Gasteiger partial charge in [-0.05, 0) is 64.7 Å². The Morgan fingerprint density at radius 1 is 1.36 bits per heavy atom. The molecule has 0 aliphatic heterocycles. The van der Waals surface area contributed by atoms with Gasteiger partial charge in [-0.15, -0.1) is 0 Å². The molecule has 0 aliphatic rings. The van der Waals surface area contributed by atoms with Gasteiger partial charge < -0.3 is 15.8 Å². The van der Waals surface area contributed by atoms with Crippen molar-refractivity contribution in [2.45, 2.75) is 26.4 Å². The van der Waals surface area contributed by atoms with Crippen LogP contribution in [0.1, 0.15) is 20.3 Å². The highest BCUT2D eigenvalue weighted by atomic mass is 79.9. The molecule has 0 bridgehead atoms. The number of hydrogen-bond acceptors (Lipinski definition) is 10. The third-order valence-corrected chi connectivity index (χ3v) is 4.56. The predicted octanol–water partition coefficient (Wildman–Crippen LogP) is 2.03. The van der Waals surface area contributed by atoms with Crippen LogP contribution in [0.2, 0.25) is 0 Å². The average molecular weight is 527 g/mol. The summed E-state index contributed by atoms with van der Waals surface area (Å²) < 4.78 is 29.3. The Bertz CT molecular complexity index is 1200. The first-order chi connectivity index (χ1) is 15.8. The van der Waals surface area contributed by atoms with Gasteiger partial charge in [0, 0.05) is 13.1 Å². The summed E-state index contributed by atoms with van der Waals surface area (Å²) in [6, 6.07) is 3.97. The van der Waals surface area contributed by atoms with Gasteiger partial charge in [-0.3, -0.25) is 14.8 Å². The van der Waals surface area contributed by atoms with Gasteiger partial charge in [0.2, 0.25) is 11.6 Å². The van der Waals surface area contributed by atoms with Gasteiger partial charge in [0.25, 0.3) is 0 Å². The number of carbonyl (C=O) groups excluding carboxylic acids is 1. The van der Waals surface area contributed by atoms with Crippen molar-refractivity contribution in [2.75, 3.05) is 18.4 Å². The number of guanidine groups is 1. The van der Waals surface area contributed by atoms with Gasteiger partial charge >= 0.3 is 11.8 Å². The molecule has 0 atom stereocenters. The minimum Gasteiger partial charge on any atom is -0.447 e. The quantitative estimate of drug-likeness (QED) is 0.223. The summed E-state index contributed by atoms with van der Waals surface area (Å²) in [5.74, 6) is -1.15. The van der Waals surface area contributed by atoms with Crippen LogP contribution in [0.15, 0.2) is 41.6 Å². The largest absolute Gasteiger partial charge is 0.447 e. The van der Waals surface area contributed by atoms with E-state index in [1.807, 2.05) is 0 Å². The van der Waals surface area contributed by atoms with E-state index in [1.165, 1.54) is 18.2 Å². The second kappa shape index (κ2) is 10.7. The Kier molecular flexibility index (Phi) is 7.76. The molecular weight excluding hydrogens is 507 g/mol. The van der Waals surface area contributed by atoms with E-state index >= 15 is 0 Å². The zero-order chi connectivity index (χ0) is 24.0. The Morgan fingerprint density at radius 3 is 2.88 bits per heavy atom. The molecule has 1 aromatic carbocycles. The number of aromatic nitrogens is 4. The number of amides is 1. The van der Waals surface area contributed by atoms with E-state index in [0.29, 0.717) is 25.2 Å². The highest BCUT2D eigenvalue weighted by Gasteiger charge is 2.23. The summed E-state index contributed by atoms with van der Waals surface area (Å²) in [7, 11) is 0. The monoisotopic (exact) mass is 526 g/mol. The number of aliphatic imine (C=N–C) groups is 1. The number of nitrogens with two attached hydrogens (primary N) is 1. The molecule has 15 heteroatoms. The molecule has 0 radical (unpaired) electrons. The average Bonchev–Trinajstić information content (AvgIpc) is 3.35. The number of benzene rings is 1. The van der Waals surface area contributed by atoms with E-state index in [4.69, 9.17) is 19.6 Å². The van der Waals surface area contributed by atoms with E-state index in [1.54, 1.807) is 13.8 Å². The first-order valence-corrected chi connectivity index (χ1v) is 10.4. The smallest absolute Gasteiger partial charge is 0.446 e. The van der Waals surface area contributed by atoms with Crippen molar-refractivity contribution in [3.63, 3.8) is 0 Å². The molecule has 0 spiro atoms. The van der Waals surface area contributed by atoms with Gasteiger partial charge in [-0.2, -0.15) is 0 Å². The molecule has 33 heavy (non-hydrogen) atoms. The maximum atomic E-state index is 13.6. The summed E-state index contributed by atoms with van der Waals surface area (Å²) in [6.45, 7) is 4.09. The summed E-state index contributed by atoms with van der Waals surface area (Å²) >= 11 is 3.08. The van der Waals surface area contributed by atoms with Crippen molar-refractivity contribution >= 4 is 33.8 Å². The normalized spacial score (nSPS) is 11.6. The molecule has 3 rings (SSSR count). The summed E-state index contributed by atoms with van der Waals surface area (Å²) in [4.78, 5) is 27.7. The SMILES string of the molecule is CC(C)OC(=O)NC(N)=NCCCNc1nonc1-c1noc(=O)n1-c1ccc(F)c(Br)c1. The molecule has 0 fully saturated rings. The first kappa shape index (κ1) is 23.9. The highest BCUT2D eigenvalue weighted by Crippen LogP contribution is 2.26. The molecule has 2 heterocycles. The van der Waals surface area contributed by atoms with E-state index in [2.05, 4.69) is 47.0 Å². The lowest BCUT2D eigenvalue weighted by molar-refractivity contribution is 0.120. The number of carbonyl (C=O) groups is 1. The number of ether oxygens (including phenoxy) is 1. The molecule has 176 valence electrons. The number of halogens is 2. The highest BCUT2D eigenvalue weighted by molar-refractivity contribution is 9.10. The van der Waals surface area contributed by atoms with Gasteiger partial charge in [-0.25, -0.2) is 23.2 Å². The van der Waals surface area contributed by atoms with Crippen LogP contribution in [0.25, 0.3) is 17.2 Å². The van der Waals surface area contributed by atoms with Crippen LogP contribution in [-0.2, 0) is 4.74 Å². The van der Waals surface area contributed by atoms with Gasteiger partial charge in [0.1, 0.15) is 5.82 Å². The zero-order valence-electron chi connectivity index (χ0n) is 17.5. The van der Waals surface area contributed by atoms with Crippen LogP contribution >= 0.6 is 15.9 Å². The molecule has 2 aromatic heterocycles. The fourth-order valence-corrected chi connectivity index (χ4v) is 2.94. The fraction of sp³-hybridized carbons (Fsp3) is 0.333. The Hall–Kier alpha value is -3.75. The number of nitrogens with one attached hydrogen (secondary N) is 2. The summed E-state index contributed by atoms with van der Waals surface area (Å²) in [5.41, 5.74) is 6.04. The molecule has 0 saturated heterocycles. The van der Waals surface area contributed by atoms with Crippen LogP contribution in [-0.4, -0.2) is 51.3 Å².